The van der Waals surface area contributed by atoms with Gasteiger partial charge in [-0.25, -0.2) is 0 Å². The monoisotopic (exact) mass is 215 g/mol. The molecule has 0 saturated heterocycles. The summed E-state index contributed by atoms with van der Waals surface area (Å²) in [6, 6.07) is 8.22. The first-order chi connectivity index (χ1) is 6.27. The van der Waals surface area contributed by atoms with Gasteiger partial charge in [0.25, 0.3) is 0 Å². The molecule has 1 atom stereocenters. The minimum Gasteiger partial charge on any atom is -0.396 e. The van der Waals surface area contributed by atoms with E-state index in [2.05, 4.69) is 19.1 Å². The molecule has 0 aromatic heterocycles. The van der Waals surface area contributed by atoms with E-state index < -0.39 is 0 Å². The molecule has 0 bridgehead atoms. The van der Waals surface area contributed by atoms with Gasteiger partial charge in [0.05, 0.1) is 0 Å². The second-order valence-electron chi connectivity index (χ2n) is 3.41. The molecule has 0 aliphatic heterocycles. The van der Waals surface area contributed by atoms with E-state index >= 15 is 0 Å². The van der Waals surface area contributed by atoms with Crippen molar-refractivity contribution < 1.29 is 5.11 Å². The Morgan fingerprint density at radius 1 is 1.36 bits per heavy atom. The summed E-state index contributed by atoms with van der Waals surface area (Å²) in [6.45, 7) is 2.80. The fourth-order valence-corrected chi connectivity index (χ4v) is 1.37. The Labute approximate surface area is 91.5 Å². The van der Waals surface area contributed by atoms with Crippen LogP contribution in [0.2, 0.25) is 0 Å². The minimum atomic E-state index is 0. The van der Waals surface area contributed by atoms with Gasteiger partial charge in [0.2, 0.25) is 0 Å². The predicted molar refractivity (Wildman–Crippen MR) is 61.8 cm³/mol. The molecule has 14 heavy (non-hydrogen) atoms. The molecule has 0 fully saturated rings. The fourth-order valence-electron chi connectivity index (χ4n) is 1.37. The normalized spacial score (nSPS) is 11.9. The molecule has 1 unspecified atom stereocenters. The van der Waals surface area contributed by atoms with Gasteiger partial charge < -0.3 is 10.8 Å². The third-order valence-electron chi connectivity index (χ3n) is 2.36. The first-order valence-electron chi connectivity index (χ1n) is 4.63. The lowest BCUT2D eigenvalue weighted by molar-refractivity contribution is 0.229. The smallest absolute Gasteiger partial charge is 0.0474 e. The highest BCUT2D eigenvalue weighted by Gasteiger charge is 2.07. The first-order valence-corrected chi connectivity index (χ1v) is 4.63. The van der Waals surface area contributed by atoms with Crippen molar-refractivity contribution >= 4 is 12.4 Å². The number of aliphatic hydroxyl groups excluding tert-OH is 1. The number of rotatable bonds is 4. The lowest BCUT2D eigenvalue weighted by Crippen LogP contribution is -2.20. The van der Waals surface area contributed by atoms with Gasteiger partial charge in [-0.1, -0.05) is 24.3 Å². The highest BCUT2D eigenvalue weighted by atomic mass is 35.5. The number of aryl methyl sites for hydroxylation is 1. The van der Waals surface area contributed by atoms with Crippen LogP contribution in [-0.4, -0.2) is 18.3 Å². The van der Waals surface area contributed by atoms with Crippen LogP contribution in [0.1, 0.15) is 11.1 Å². The Morgan fingerprint density at radius 2 is 2.00 bits per heavy atom. The summed E-state index contributed by atoms with van der Waals surface area (Å²) in [6.07, 6.45) is 0.875. The summed E-state index contributed by atoms with van der Waals surface area (Å²) in [5, 5.41) is 9.00. The van der Waals surface area contributed by atoms with Crippen LogP contribution >= 0.6 is 12.4 Å². The van der Waals surface area contributed by atoms with Gasteiger partial charge in [-0.05, 0) is 36.9 Å². The Balaban J connectivity index is 0.00000169. The van der Waals surface area contributed by atoms with Crippen LogP contribution in [0.4, 0.5) is 0 Å². The van der Waals surface area contributed by atoms with Crippen molar-refractivity contribution in [2.75, 3.05) is 13.2 Å². The molecule has 1 aromatic rings. The molecule has 0 saturated carbocycles. The van der Waals surface area contributed by atoms with E-state index in [1.54, 1.807) is 0 Å². The molecule has 0 aliphatic rings. The van der Waals surface area contributed by atoms with Gasteiger partial charge in [-0.15, -0.1) is 12.4 Å². The second kappa shape index (κ2) is 6.82. The zero-order valence-corrected chi connectivity index (χ0v) is 9.26. The molecule has 0 aliphatic carbocycles. The zero-order valence-electron chi connectivity index (χ0n) is 8.44. The molecular weight excluding hydrogens is 198 g/mol. The van der Waals surface area contributed by atoms with Crippen molar-refractivity contribution in [1.29, 1.82) is 0 Å². The number of hydrogen-bond acceptors (Lipinski definition) is 2. The SMILES string of the molecule is Cc1ccccc1CC(CN)CO.Cl. The molecule has 1 aromatic carbocycles. The second-order valence-corrected chi connectivity index (χ2v) is 3.41. The summed E-state index contributed by atoms with van der Waals surface area (Å²) >= 11 is 0. The Morgan fingerprint density at radius 3 is 2.50 bits per heavy atom. The molecule has 2 nitrogen and oxygen atoms in total. The van der Waals surface area contributed by atoms with Crippen LogP contribution in [0.5, 0.6) is 0 Å². The molecule has 3 N–H and O–H groups in total. The summed E-state index contributed by atoms with van der Waals surface area (Å²) < 4.78 is 0. The largest absolute Gasteiger partial charge is 0.396 e. The molecule has 1 rings (SSSR count). The van der Waals surface area contributed by atoms with Crippen LogP contribution in [0.25, 0.3) is 0 Å². The van der Waals surface area contributed by atoms with Crippen molar-refractivity contribution in [3.63, 3.8) is 0 Å². The summed E-state index contributed by atoms with van der Waals surface area (Å²) in [5.74, 6) is 0.195. The maximum atomic E-state index is 9.00. The maximum absolute atomic E-state index is 9.00. The van der Waals surface area contributed by atoms with Gasteiger partial charge in [-0.2, -0.15) is 0 Å². The Hall–Kier alpha value is -0.570. The third kappa shape index (κ3) is 3.66. The first kappa shape index (κ1) is 13.4. The molecule has 0 amide bonds. The Kier molecular flexibility index (Phi) is 6.54. The van der Waals surface area contributed by atoms with E-state index in [9.17, 15) is 0 Å². The van der Waals surface area contributed by atoms with Crippen LogP contribution in [-0.2, 0) is 6.42 Å². The van der Waals surface area contributed by atoms with Crippen LogP contribution in [0.3, 0.4) is 0 Å². The lowest BCUT2D eigenvalue weighted by Gasteiger charge is -2.12. The zero-order chi connectivity index (χ0) is 9.68. The molecule has 3 heteroatoms. The quantitative estimate of drug-likeness (QED) is 0.800. The molecular formula is C11H18ClNO. The van der Waals surface area contributed by atoms with Crippen molar-refractivity contribution in [3.05, 3.63) is 35.4 Å². The molecule has 0 radical (unpaired) electrons. The standard InChI is InChI=1S/C11H17NO.ClH/c1-9-4-2-3-5-11(9)6-10(7-12)8-13;/h2-5,10,13H,6-8,12H2,1H3;1H. The number of nitrogens with two attached hydrogens (primary N) is 1. The van der Waals surface area contributed by atoms with Gasteiger partial charge in [0.15, 0.2) is 0 Å². The minimum absolute atomic E-state index is 0. The summed E-state index contributed by atoms with van der Waals surface area (Å²) in [7, 11) is 0. The fraction of sp³-hybridized carbons (Fsp3) is 0.455. The van der Waals surface area contributed by atoms with Gasteiger partial charge in [0.1, 0.15) is 0 Å². The number of benzene rings is 1. The molecule has 0 heterocycles. The predicted octanol–water partition coefficient (Wildman–Crippen LogP) is 1.53. The average Bonchev–Trinajstić information content (AvgIpc) is 2.17. The van der Waals surface area contributed by atoms with E-state index in [1.165, 1.54) is 11.1 Å². The Bertz CT molecular complexity index is 261. The van der Waals surface area contributed by atoms with Crippen LogP contribution in [0.15, 0.2) is 24.3 Å². The van der Waals surface area contributed by atoms with E-state index in [4.69, 9.17) is 10.8 Å². The van der Waals surface area contributed by atoms with Gasteiger partial charge in [-0.3, -0.25) is 0 Å². The molecule has 80 valence electrons. The maximum Gasteiger partial charge on any atom is 0.0474 e. The van der Waals surface area contributed by atoms with Crippen molar-refractivity contribution in [1.82, 2.24) is 0 Å². The number of hydrogen-bond donors (Lipinski definition) is 2. The van der Waals surface area contributed by atoms with Crippen LogP contribution in [0, 0.1) is 12.8 Å². The highest BCUT2D eigenvalue weighted by Crippen LogP contribution is 2.12. The van der Waals surface area contributed by atoms with Crippen molar-refractivity contribution in [2.24, 2.45) is 11.7 Å². The number of aliphatic hydroxyl groups is 1. The highest BCUT2D eigenvalue weighted by molar-refractivity contribution is 5.85. The summed E-state index contributed by atoms with van der Waals surface area (Å²) in [5.41, 5.74) is 8.08. The average molecular weight is 216 g/mol. The van der Waals surface area contributed by atoms with Crippen LogP contribution < -0.4 is 5.73 Å². The van der Waals surface area contributed by atoms with Gasteiger partial charge >= 0.3 is 0 Å². The van der Waals surface area contributed by atoms with E-state index in [0.717, 1.165) is 6.42 Å². The van der Waals surface area contributed by atoms with Crippen molar-refractivity contribution in [2.45, 2.75) is 13.3 Å². The van der Waals surface area contributed by atoms with Gasteiger partial charge in [0, 0.05) is 6.61 Å². The van der Waals surface area contributed by atoms with Crippen molar-refractivity contribution in [3.8, 4) is 0 Å². The van der Waals surface area contributed by atoms with E-state index in [1.807, 2.05) is 12.1 Å². The van der Waals surface area contributed by atoms with E-state index in [-0.39, 0.29) is 24.9 Å². The summed E-state index contributed by atoms with van der Waals surface area (Å²) in [4.78, 5) is 0. The molecule has 0 spiro atoms. The van der Waals surface area contributed by atoms with E-state index in [0.29, 0.717) is 6.54 Å². The topological polar surface area (TPSA) is 46.2 Å². The lowest BCUT2D eigenvalue weighted by atomic mass is 9.97. The number of halogens is 1. The third-order valence-corrected chi connectivity index (χ3v) is 2.36.